The molecule has 0 bridgehead atoms. The first-order valence-corrected chi connectivity index (χ1v) is 2.48. The molecule has 0 heterocycles. The number of hydrogen-bond acceptors (Lipinski definition) is 1. The second-order valence-electron chi connectivity index (χ2n) is 0.779. The molecule has 0 saturated heterocycles. The molecular weight excluding hydrogens is 265 g/mol. The summed E-state index contributed by atoms with van der Waals surface area (Å²) in [6.07, 6.45) is 0. The van der Waals surface area contributed by atoms with Gasteiger partial charge in [0.2, 0.25) is 0 Å². The number of amidine groups is 1. The maximum absolute atomic E-state index is 3.76. The van der Waals surface area contributed by atoms with Gasteiger partial charge in [-0.2, -0.15) is 0 Å². The monoisotopic (exact) mass is 272 g/mol. The van der Waals surface area contributed by atoms with Crippen LogP contribution in [0, 0.1) is 0 Å². The Morgan fingerprint density at radius 2 is 2.14 bits per heavy atom. The van der Waals surface area contributed by atoms with Gasteiger partial charge in [-0.15, -0.1) is 0 Å². The molecule has 0 aliphatic carbocycles. The van der Waals surface area contributed by atoms with E-state index in [1.54, 1.807) is 7.05 Å². The summed E-state index contributed by atoms with van der Waals surface area (Å²) in [5.41, 5.74) is 0. The summed E-state index contributed by atoms with van der Waals surface area (Å²) in [7, 11) is 3.54. The van der Waals surface area contributed by atoms with Crippen molar-refractivity contribution in [2.75, 3.05) is 14.1 Å². The van der Waals surface area contributed by atoms with Gasteiger partial charge in [-0.05, 0) is 0 Å². The predicted octanol–water partition coefficient (Wildman–Crippen LogP) is -1.02. The fourth-order valence-corrected chi connectivity index (χ4v) is 0.112. The first-order chi connectivity index (χ1) is 2.81. The van der Waals surface area contributed by atoms with Crippen molar-refractivity contribution >= 4 is 45.2 Å². The molecule has 0 aliphatic rings. The van der Waals surface area contributed by atoms with Crippen LogP contribution in [0.1, 0.15) is 0 Å². The summed E-state index contributed by atoms with van der Waals surface area (Å²) in [6.45, 7) is 0. The van der Waals surface area contributed by atoms with Gasteiger partial charge in [0.15, 0.2) is 0 Å². The summed E-state index contributed by atoms with van der Waals surface area (Å²) in [5, 5.41) is 2.81. The number of nitrogens with one attached hydrogen (secondary N) is 1. The summed E-state index contributed by atoms with van der Waals surface area (Å²) in [4.78, 5) is 3.76. The second kappa shape index (κ2) is 6.81. The van der Waals surface area contributed by atoms with Crippen LogP contribution < -0.4 is 5.32 Å². The molecule has 0 amide bonds. The molecule has 0 aliphatic heterocycles. The van der Waals surface area contributed by atoms with E-state index in [4.69, 9.17) is 0 Å². The second-order valence-corrected chi connectivity index (χ2v) is 1.59. The Labute approximate surface area is 69.4 Å². The zero-order chi connectivity index (χ0) is 4.99. The smallest absolute Gasteiger partial charge is 0 e. The molecule has 4 radical (unpaired) electrons. The Balaban J connectivity index is 0. The summed E-state index contributed by atoms with van der Waals surface area (Å²) < 4.78 is 0.843. The molecule has 0 unspecified atom stereocenters. The van der Waals surface area contributed by atoms with E-state index in [9.17, 15) is 0 Å². The van der Waals surface area contributed by atoms with Crippen molar-refractivity contribution in [1.82, 2.24) is 5.32 Å². The first kappa shape index (κ1) is 10.7. The first-order valence-electron chi connectivity index (χ1n) is 1.62. The molecule has 1 N–H and O–H groups in total. The number of rotatable bonds is 0. The topological polar surface area (TPSA) is 24.4 Å². The van der Waals surface area contributed by atoms with Crippen LogP contribution in [0.15, 0.2) is 4.99 Å². The van der Waals surface area contributed by atoms with E-state index in [1.165, 1.54) is 0 Å². The Morgan fingerprint density at radius 3 is 2.14 bits per heavy atom. The van der Waals surface area contributed by atoms with E-state index in [2.05, 4.69) is 26.3 Å². The molecule has 4 heteroatoms. The third kappa shape index (κ3) is 6.81. The molecule has 0 aromatic carbocycles. The van der Waals surface area contributed by atoms with Gasteiger partial charge in [-0.3, -0.25) is 0 Å². The van der Waals surface area contributed by atoms with Gasteiger partial charge in [-0.25, -0.2) is 0 Å². The number of aliphatic imine (C=N–C) groups is 1. The zero-order valence-electron chi connectivity index (χ0n) is 4.30. The van der Waals surface area contributed by atoms with Crippen LogP contribution >= 0.6 is 0 Å². The molecule has 40 valence electrons. The Kier molecular flexibility index (Phi) is 10.4. The summed E-state index contributed by atoms with van der Waals surface area (Å²) in [5.74, 6) is 0. The fourth-order valence-electron chi connectivity index (χ4n) is 0.112. The van der Waals surface area contributed by atoms with Crippen LogP contribution in [-0.2, 0) is 0 Å². The van der Waals surface area contributed by atoms with E-state index in [-0.39, 0.29) is 24.4 Å². The van der Waals surface area contributed by atoms with Crippen molar-refractivity contribution in [3.63, 3.8) is 0 Å². The number of hydrogen-bond donors (Lipinski definition) is 1. The van der Waals surface area contributed by atoms with Gasteiger partial charge >= 0.3 is 45.2 Å². The molecule has 0 fully saturated rings. The van der Waals surface area contributed by atoms with Gasteiger partial charge in [-0.1, -0.05) is 0 Å². The van der Waals surface area contributed by atoms with Crippen molar-refractivity contribution in [3.05, 3.63) is 0 Å². The minimum absolute atomic E-state index is 0. The molecule has 7 heavy (non-hydrogen) atoms. The third-order valence-electron chi connectivity index (χ3n) is 0.417. The minimum Gasteiger partial charge on any atom is 0 e. The van der Waals surface area contributed by atoms with Crippen LogP contribution in [0.2, 0.25) is 0 Å². The molecule has 2 nitrogen and oxygen atoms in total. The van der Waals surface area contributed by atoms with Crippen LogP contribution in [0.4, 0.5) is 0 Å². The average Bonchev–Trinajstić information content (AvgIpc) is 1.65. The molecule has 0 aromatic rings. The van der Waals surface area contributed by atoms with E-state index in [1.807, 2.05) is 7.05 Å². The summed E-state index contributed by atoms with van der Waals surface area (Å²) in [6, 6.07) is 0. The standard InChI is InChI=1S/C3H7N2Se.Sb/c1-4-3(6)5-2;/h1-2H3,(H,4,5);. The maximum Gasteiger partial charge on any atom is 0 e. The maximum atomic E-state index is 3.76. The van der Waals surface area contributed by atoms with Gasteiger partial charge in [0.25, 0.3) is 0 Å². The SMILES string of the molecule is CN=C([Se])NC.[Sb]. The number of nitrogens with zero attached hydrogens (tertiary/aromatic N) is 1. The minimum atomic E-state index is 0. The van der Waals surface area contributed by atoms with Gasteiger partial charge in [0, 0.05) is 24.4 Å². The zero-order valence-corrected chi connectivity index (χ0v) is 8.57. The quantitative estimate of drug-likeness (QED) is 0.341. The fraction of sp³-hybridized carbons (Fsp3) is 0.667. The normalized spacial score (nSPS) is 9.71. The van der Waals surface area contributed by atoms with Crippen LogP contribution in [0.25, 0.3) is 0 Å². The Hall–Kier alpha value is 0.808. The molecule has 0 aromatic heterocycles. The Bertz CT molecular complexity index is 64.0. The van der Waals surface area contributed by atoms with Crippen LogP contribution in [0.5, 0.6) is 0 Å². The van der Waals surface area contributed by atoms with E-state index < -0.39 is 0 Å². The van der Waals surface area contributed by atoms with Gasteiger partial charge in [0.1, 0.15) is 0 Å². The van der Waals surface area contributed by atoms with Gasteiger partial charge in [0.05, 0.1) is 0 Å². The molecule has 0 spiro atoms. The van der Waals surface area contributed by atoms with Crippen LogP contribution in [-0.4, -0.2) is 59.3 Å². The van der Waals surface area contributed by atoms with E-state index >= 15 is 0 Å². The Morgan fingerprint density at radius 1 is 1.71 bits per heavy atom. The molecule has 0 rings (SSSR count). The molecular formula is C3H7N2SbSe. The van der Waals surface area contributed by atoms with Crippen molar-refractivity contribution in [3.8, 4) is 0 Å². The molecule has 0 atom stereocenters. The van der Waals surface area contributed by atoms with Crippen molar-refractivity contribution in [2.24, 2.45) is 4.99 Å². The van der Waals surface area contributed by atoms with Crippen LogP contribution in [0.3, 0.4) is 0 Å². The largest absolute Gasteiger partial charge is 0 e. The summed E-state index contributed by atoms with van der Waals surface area (Å²) >= 11 is 2.72. The predicted molar refractivity (Wildman–Crippen MR) is 33.9 cm³/mol. The van der Waals surface area contributed by atoms with E-state index in [0.717, 1.165) is 4.73 Å². The van der Waals surface area contributed by atoms with Crippen molar-refractivity contribution in [2.45, 2.75) is 0 Å². The van der Waals surface area contributed by atoms with Crippen molar-refractivity contribution < 1.29 is 0 Å². The third-order valence-corrected chi connectivity index (χ3v) is 1.23. The van der Waals surface area contributed by atoms with E-state index in [0.29, 0.717) is 0 Å². The van der Waals surface area contributed by atoms with Gasteiger partial charge < -0.3 is 0 Å². The average molecular weight is 272 g/mol. The molecule has 0 saturated carbocycles. The van der Waals surface area contributed by atoms with Crippen molar-refractivity contribution in [1.29, 1.82) is 0 Å².